The predicted molar refractivity (Wildman–Crippen MR) is 68.9 cm³/mol. The summed E-state index contributed by atoms with van der Waals surface area (Å²) in [7, 11) is 0. The Balaban J connectivity index is 3.36. The second kappa shape index (κ2) is 11.4. The van der Waals surface area contributed by atoms with Crippen LogP contribution < -0.4 is 5.32 Å². The summed E-state index contributed by atoms with van der Waals surface area (Å²) in [5.74, 6) is 0. The molecule has 0 aromatic rings. The quantitative estimate of drug-likeness (QED) is 0.554. The van der Waals surface area contributed by atoms with Crippen molar-refractivity contribution in [1.82, 2.24) is 5.32 Å². The predicted octanol–water partition coefficient (Wildman–Crippen LogP) is 2.60. The number of nitrogens with one attached hydrogen (secondary N) is 1. The Hall–Kier alpha value is -0.120. The zero-order valence-corrected chi connectivity index (χ0v) is 11.4. The minimum absolute atomic E-state index is 0.221. The van der Waals surface area contributed by atoms with E-state index in [-0.39, 0.29) is 6.10 Å². The Kier molecular flexibility index (Phi) is 11.3. The molecule has 0 saturated heterocycles. The van der Waals surface area contributed by atoms with Gasteiger partial charge in [-0.3, -0.25) is 0 Å². The molecule has 16 heavy (non-hydrogen) atoms. The fraction of sp³-hybridized carbons (Fsp3) is 1.00. The average molecular weight is 231 g/mol. The molecule has 0 fully saturated rings. The number of ether oxygens (including phenoxy) is 2. The Bertz CT molecular complexity index is 142. The first kappa shape index (κ1) is 15.9. The van der Waals surface area contributed by atoms with Crippen molar-refractivity contribution in [2.24, 2.45) is 0 Å². The smallest absolute Gasteiger partial charge is 0.0780 e. The van der Waals surface area contributed by atoms with Crippen molar-refractivity contribution in [2.45, 2.75) is 59.1 Å². The van der Waals surface area contributed by atoms with E-state index >= 15 is 0 Å². The van der Waals surface area contributed by atoms with Crippen LogP contribution in [0.3, 0.4) is 0 Å². The molecular weight excluding hydrogens is 202 g/mol. The maximum absolute atomic E-state index is 5.66. The molecule has 2 atom stereocenters. The van der Waals surface area contributed by atoms with Crippen LogP contribution in [-0.2, 0) is 9.47 Å². The van der Waals surface area contributed by atoms with Crippen LogP contribution in [0.2, 0.25) is 0 Å². The van der Waals surface area contributed by atoms with Gasteiger partial charge in [-0.05, 0) is 39.7 Å². The van der Waals surface area contributed by atoms with Gasteiger partial charge in [-0.25, -0.2) is 0 Å². The summed E-state index contributed by atoms with van der Waals surface area (Å²) < 4.78 is 11.0. The van der Waals surface area contributed by atoms with Gasteiger partial charge in [-0.1, -0.05) is 13.8 Å². The van der Waals surface area contributed by atoms with Gasteiger partial charge in [0.2, 0.25) is 0 Å². The third-order valence-corrected chi connectivity index (χ3v) is 2.64. The maximum Gasteiger partial charge on any atom is 0.0780 e. The van der Waals surface area contributed by atoms with Crippen LogP contribution in [0.5, 0.6) is 0 Å². The van der Waals surface area contributed by atoms with E-state index in [2.05, 4.69) is 26.1 Å². The highest BCUT2D eigenvalue weighted by atomic mass is 16.5. The van der Waals surface area contributed by atoms with Crippen LogP contribution in [0, 0.1) is 0 Å². The van der Waals surface area contributed by atoms with Crippen LogP contribution >= 0.6 is 0 Å². The highest BCUT2D eigenvalue weighted by Crippen LogP contribution is 2.03. The topological polar surface area (TPSA) is 30.5 Å². The lowest BCUT2D eigenvalue weighted by atomic mass is 10.1. The molecule has 0 aromatic carbocycles. The first-order valence-electron chi connectivity index (χ1n) is 6.67. The monoisotopic (exact) mass is 231 g/mol. The van der Waals surface area contributed by atoms with Crippen molar-refractivity contribution >= 4 is 0 Å². The van der Waals surface area contributed by atoms with Crippen molar-refractivity contribution in [3.8, 4) is 0 Å². The van der Waals surface area contributed by atoms with Gasteiger partial charge in [-0.15, -0.1) is 0 Å². The molecule has 1 N–H and O–H groups in total. The van der Waals surface area contributed by atoms with E-state index < -0.39 is 0 Å². The van der Waals surface area contributed by atoms with Crippen LogP contribution in [-0.4, -0.2) is 38.5 Å². The lowest BCUT2D eigenvalue weighted by Gasteiger charge is -2.17. The minimum Gasteiger partial charge on any atom is -0.379 e. The first-order chi connectivity index (χ1) is 7.74. The van der Waals surface area contributed by atoms with E-state index in [9.17, 15) is 0 Å². The van der Waals surface area contributed by atoms with Crippen molar-refractivity contribution < 1.29 is 9.47 Å². The fourth-order valence-corrected chi connectivity index (χ4v) is 1.69. The third kappa shape index (κ3) is 9.13. The van der Waals surface area contributed by atoms with Crippen LogP contribution in [0.25, 0.3) is 0 Å². The van der Waals surface area contributed by atoms with E-state index in [4.69, 9.17) is 9.47 Å². The normalized spacial score (nSPS) is 15.0. The molecule has 3 nitrogen and oxygen atoms in total. The molecule has 0 rings (SSSR count). The van der Waals surface area contributed by atoms with Crippen molar-refractivity contribution in [2.75, 3.05) is 26.4 Å². The second-order valence-electron chi connectivity index (χ2n) is 4.15. The Morgan fingerprint density at radius 1 is 1.19 bits per heavy atom. The molecule has 0 spiro atoms. The molecule has 98 valence electrons. The summed E-state index contributed by atoms with van der Waals surface area (Å²) in [6.07, 6.45) is 3.75. The largest absolute Gasteiger partial charge is 0.379 e. The number of rotatable bonds is 11. The molecule has 0 saturated carbocycles. The van der Waals surface area contributed by atoms with Crippen LogP contribution in [0.1, 0.15) is 47.0 Å². The lowest BCUT2D eigenvalue weighted by molar-refractivity contribution is -0.00502. The SMILES string of the molecule is CCNC(CC)CCCOC(C)COCC. The Labute approximate surface area is 101 Å². The van der Waals surface area contributed by atoms with Crippen molar-refractivity contribution in [3.05, 3.63) is 0 Å². The summed E-state index contributed by atoms with van der Waals surface area (Å²) in [5.41, 5.74) is 0. The molecule has 3 heteroatoms. The van der Waals surface area contributed by atoms with E-state index in [1.807, 2.05) is 6.92 Å². The van der Waals surface area contributed by atoms with E-state index in [0.29, 0.717) is 12.6 Å². The summed E-state index contributed by atoms with van der Waals surface area (Å²) in [6, 6.07) is 0.649. The van der Waals surface area contributed by atoms with Crippen molar-refractivity contribution in [3.63, 3.8) is 0 Å². The van der Waals surface area contributed by atoms with Gasteiger partial charge in [0.05, 0.1) is 12.7 Å². The molecule has 0 bridgehead atoms. The molecule has 0 aliphatic rings. The molecule has 0 aromatic heterocycles. The summed E-state index contributed by atoms with van der Waals surface area (Å²) in [4.78, 5) is 0. The zero-order valence-electron chi connectivity index (χ0n) is 11.4. The second-order valence-corrected chi connectivity index (χ2v) is 4.15. The van der Waals surface area contributed by atoms with Crippen molar-refractivity contribution in [1.29, 1.82) is 0 Å². The molecule has 0 aliphatic carbocycles. The summed E-state index contributed by atoms with van der Waals surface area (Å²) in [5, 5.41) is 3.47. The van der Waals surface area contributed by atoms with E-state index in [1.54, 1.807) is 0 Å². The maximum atomic E-state index is 5.66. The first-order valence-corrected chi connectivity index (χ1v) is 6.67. The number of hydrogen-bond donors (Lipinski definition) is 1. The lowest BCUT2D eigenvalue weighted by Crippen LogP contribution is -2.28. The Morgan fingerprint density at radius 3 is 2.50 bits per heavy atom. The van der Waals surface area contributed by atoms with Gasteiger partial charge < -0.3 is 14.8 Å². The molecule has 0 radical (unpaired) electrons. The zero-order chi connectivity index (χ0) is 12.2. The Morgan fingerprint density at radius 2 is 1.94 bits per heavy atom. The van der Waals surface area contributed by atoms with Crippen LogP contribution in [0.15, 0.2) is 0 Å². The molecule has 0 amide bonds. The number of hydrogen-bond acceptors (Lipinski definition) is 3. The van der Waals surface area contributed by atoms with Gasteiger partial charge in [0.15, 0.2) is 0 Å². The molecule has 0 heterocycles. The van der Waals surface area contributed by atoms with Gasteiger partial charge >= 0.3 is 0 Å². The van der Waals surface area contributed by atoms with Gasteiger partial charge in [0.25, 0.3) is 0 Å². The summed E-state index contributed by atoms with van der Waals surface area (Å²) in [6.45, 7) is 11.8. The summed E-state index contributed by atoms with van der Waals surface area (Å²) >= 11 is 0. The van der Waals surface area contributed by atoms with Crippen LogP contribution in [0.4, 0.5) is 0 Å². The third-order valence-electron chi connectivity index (χ3n) is 2.64. The highest BCUT2D eigenvalue weighted by Gasteiger charge is 2.05. The minimum atomic E-state index is 0.221. The molecular formula is C13H29NO2. The van der Waals surface area contributed by atoms with Gasteiger partial charge in [-0.2, -0.15) is 0 Å². The average Bonchev–Trinajstić information content (AvgIpc) is 2.30. The fourth-order valence-electron chi connectivity index (χ4n) is 1.69. The van der Waals surface area contributed by atoms with E-state index in [0.717, 1.165) is 26.2 Å². The molecule has 0 aliphatic heterocycles. The van der Waals surface area contributed by atoms with Gasteiger partial charge in [0, 0.05) is 19.3 Å². The molecule has 2 unspecified atom stereocenters. The standard InChI is InChI=1S/C13H29NO2/c1-5-13(14-6-2)9-8-10-16-12(4)11-15-7-3/h12-14H,5-11H2,1-4H3. The highest BCUT2D eigenvalue weighted by molar-refractivity contribution is 4.63. The van der Waals surface area contributed by atoms with Gasteiger partial charge in [0.1, 0.15) is 0 Å². The van der Waals surface area contributed by atoms with E-state index in [1.165, 1.54) is 12.8 Å².